The van der Waals surface area contributed by atoms with Gasteiger partial charge in [-0.15, -0.1) is 0 Å². The minimum atomic E-state index is -0.581. The molecule has 0 aromatic rings. The maximum absolute atomic E-state index is 10.6. The van der Waals surface area contributed by atoms with Gasteiger partial charge in [0.1, 0.15) is 0 Å². The first-order chi connectivity index (χ1) is 7.08. The van der Waals surface area contributed by atoms with E-state index in [0.29, 0.717) is 0 Å². The van der Waals surface area contributed by atoms with E-state index in [0.717, 1.165) is 32.1 Å². The molecule has 16 heavy (non-hydrogen) atoms. The Morgan fingerprint density at radius 2 is 1.31 bits per heavy atom. The van der Waals surface area contributed by atoms with E-state index in [1.54, 1.807) is 0 Å². The summed E-state index contributed by atoms with van der Waals surface area (Å²) in [6.07, 6.45) is 6.05. The molecule has 2 saturated carbocycles. The molecule has 0 aliphatic heterocycles. The van der Waals surface area contributed by atoms with Crippen molar-refractivity contribution in [1.82, 2.24) is 0 Å². The molecule has 2 rings (SSSR count). The zero-order valence-corrected chi connectivity index (χ0v) is 11.3. The molecule has 2 heteroatoms. The van der Waals surface area contributed by atoms with E-state index in [2.05, 4.69) is 27.7 Å². The predicted octanol–water partition coefficient (Wildman–Crippen LogP) is 2.84. The summed E-state index contributed by atoms with van der Waals surface area (Å²) in [5, 5.41) is 10.6. The van der Waals surface area contributed by atoms with E-state index in [9.17, 15) is 5.11 Å². The van der Waals surface area contributed by atoms with Crippen molar-refractivity contribution in [3.05, 3.63) is 0 Å². The van der Waals surface area contributed by atoms with E-state index in [1.807, 2.05) is 0 Å². The smallest absolute Gasteiger partial charge is 0.0826 e. The standard InChI is InChI=1S/C14H27NO/c1-11(2)8-12(3,4)10-13(15,9-11)14(16)6-5-7-14/h16H,5-10,15H2,1-4H3. The van der Waals surface area contributed by atoms with Crippen molar-refractivity contribution in [2.75, 3.05) is 0 Å². The Hall–Kier alpha value is -0.0800. The Morgan fingerprint density at radius 1 is 0.875 bits per heavy atom. The molecular formula is C14H27NO. The van der Waals surface area contributed by atoms with Gasteiger partial charge in [-0.05, 0) is 49.4 Å². The molecule has 0 aromatic heterocycles. The van der Waals surface area contributed by atoms with Crippen LogP contribution in [0.3, 0.4) is 0 Å². The molecule has 0 heterocycles. The lowest BCUT2D eigenvalue weighted by molar-refractivity contribution is -0.141. The van der Waals surface area contributed by atoms with Crippen LogP contribution in [0, 0.1) is 10.8 Å². The van der Waals surface area contributed by atoms with E-state index in [-0.39, 0.29) is 16.4 Å². The van der Waals surface area contributed by atoms with Crippen LogP contribution < -0.4 is 5.73 Å². The monoisotopic (exact) mass is 225 g/mol. The Morgan fingerprint density at radius 3 is 1.62 bits per heavy atom. The van der Waals surface area contributed by atoms with E-state index < -0.39 is 5.60 Å². The van der Waals surface area contributed by atoms with E-state index in [1.165, 1.54) is 6.42 Å². The highest BCUT2D eigenvalue weighted by atomic mass is 16.3. The average Bonchev–Trinajstić information content (AvgIpc) is 1.92. The van der Waals surface area contributed by atoms with Crippen LogP contribution >= 0.6 is 0 Å². The van der Waals surface area contributed by atoms with Crippen molar-refractivity contribution in [2.45, 2.75) is 77.4 Å². The summed E-state index contributed by atoms with van der Waals surface area (Å²) in [4.78, 5) is 0. The predicted molar refractivity (Wildman–Crippen MR) is 67.1 cm³/mol. The Labute approximate surface area is 99.6 Å². The van der Waals surface area contributed by atoms with Crippen molar-refractivity contribution in [3.63, 3.8) is 0 Å². The highest BCUT2D eigenvalue weighted by Gasteiger charge is 2.57. The first-order valence-electron chi connectivity index (χ1n) is 6.59. The normalized spacial score (nSPS) is 34.1. The van der Waals surface area contributed by atoms with Gasteiger partial charge in [0.15, 0.2) is 0 Å². The third-order valence-electron chi connectivity index (χ3n) is 4.65. The molecule has 0 aromatic carbocycles. The van der Waals surface area contributed by atoms with Gasteiger partial charge >= 0.3 is 0 Å². The molecule has 3 N–H and O–H groups in total. The minimum Gasteiger partial charge on any atom is -0.388 e. The molecule has 94 valence electrons. The lowest BCUT2D eigenvalue weighted by atomic mass is 9.51. The first-order valence-corrected chi connectivity index (χ1v) is 6.59. The summed E-state index contributed by atoms with van der Waals surface area (Å²) >= 11 is 0. The maximum atomic E-state index is 10.6. The fourth-order valence-corrected chi connectivity index (χ4v) is 4.53. The van der Waals surface area contributed by atoms with Crippen molar-refractivity contribution in [1.29, 1.82) is 0 Å². The fraction of sp³-hybridized carbons (Fsp3) is 1.00. The molecule has 0 bridgehead atoms. The van der Waals surface area contributed by atoms with Crippen LogP contribution in [0.2, 0.25) is 0 Å². The lowest BCUT2D eigenvalue weighted by Crippen LogP contribution is -2.68. The SMILES string of the molecule is CC1(C)CC(C)(C)CC(N)(C2(O)CCC2)C1. The molecule has 0 atom stereocenters. The lowest BCUT2D eigenvalue weighted by Gasteiger charge is -2.59. The molecule has 0 unspecified atom stereocenters. The highest BCUT2D eigenvalue weighted by molar-refractivity contribution is 5.14. The summed E-state index contributed by atoms with van der Waals surface area (Å²) in [6.45, 7) is 9.16. The van der Waals surface area contributed by atoms with Crippen LogP contribution in [0.5, 0.6) is 0 Å². The summed E-state index contributed by atoms with van der Waals surface area (Å²) in [6, 6.07) is 0. The molecule has 2 aliphatic rings. The molecule has 0 saturated heterocycles. The molecule has 2 fully saturated rings. The van der Waals surface area contributed by atoms with Crippen molar-refractivity contribution in [2.24, 2.45) is 16.6 Å². The van der Waals surface area contributed by atoms with Gasteiger partial charge in [-0.25, -0.2) is 0 Å². The largest absolute Gasteiger partial charge is 0.388 e. The van der Waals surface area contributed by atoms with Crippen LogP contribution in [0.15, 0.2) is 0 Å². The summed E-state index contributed by atoms with van der Waals surface area (Å²) in [5.74, 6) is 0. The molecule has 0 spiro atoms. The first kappa shape index (κ1) is 12.4. The van der Waals surface area contributed by atoms with Crippen LogP contribution in [0.25, 0.3) is 0 Å². The van der Waals surface area contributed by atoms with Crippen molar-refractivity contribution < 1.29 is 5.11 Å². The zero-order chi connectivity index (χ0) is 12.2. The highest BCUT2D eigenvalue weighted by Crippen LogP contribution is 2.56. The van der Waals surface area contributed by atoms with E-state index >= 15 is 0 Å². The molecule has 2 nitrogen and oxygen atoms in total. The number of rotatable bonds is 1. The summed E-state index contributed by atoms with van der Waals surface area (Å²) < 4.78 is 0. The Balaban J connectivity index is 2.27. The summed E-state index contributed by atoms with van der Waals surface area (Å²) in [5.41, 5.74) is 6.16. The molecule has 0 amide bonds. The van der Waals surface area contributed by atoms with Gasteiger partial charge in [-0.1, -0.05) is 27.7 Å². The molecular weight excluding hydrogens is 198 g/mol. The third kappa shape index (κ3) is 1.91. The van der Waals surface area contributed by atoms with Crippen molar-refractivity contribution in [3.8, 4) is 0 Å². The van der Waals surface area contributed by atoms with Gasteiger partial charge < -0.3 is 10.8 Å². The van der Waals surface area contributed by atoms with Crippen LogP contribution in [-0.2, 0) is 0 Å². The van der Waals surface area contributed by atoms with Crippen LogP contribution in [-0.4, -0.2) is 16.2 Å². The molecule has 2 aliphatic carbocycles. The van der Waals surface area contributed by atoms with Crippen LogP contribution in [0.4, 0.5) is 0 Å². The van der Waals surface area contributed by atoms with Gasteiger partial charge in [0.25, 0.3) is 0 Å². The van der Waals surface area contributed by atoms with Crippen LogP contribution in [0.1, 0.15) is 66.2 Å². The van der Waals surface area contributed by atoms with Gasteiger partial charge in [0.05, 0.1) is 5.60 Å². The number of aliphatic hydroxyl groups is 1. The van der Waals surface area contributed by atoms with Gasteiger partial charge in [-0.2, -0.15) is 0 Å². The van der Waals surface area contributed by atoms with Crippen molar-refractivity contribution >= 4 is 0 Å². The van der Waals surface area contributed by atoms with Gasteiger partial charge in [0, 0.05) is 5.54 Å². The maximum Gasteiger partial charge on any atom is 0.0826 e. The number of nitrogens with two attached hydrogens (primary N) is 1. The summed E-state index contributed by atoms with van der Waals surface area (Å²) in [7, 11) is 0. The molecule has 0 radical (unpaired) electrons. The number of hydrogen-bond donors (Lipinski definition) is 2. The zero-order valence-electron chi connectivity index (χ0n) is 11.3. The second-order valence-corrected chi connectivity index (χ2v) is 7.90. The third-order valence-corrected chi connectivity index (χ3v) is 4.65. The Bertz CT molecular complexity index is 273. The second kappa shape index (κ2) is 3.23. The average molecular weight is 225 g/mol. The quantitative estimate of drug-likeness (QED) is 0.721. The topological polar surface area (TPSA) is 46.2 Å². The minimum absolute atomic E-state index is 0.252. The fourth-order valence-electron chi connectivity index (χ4n) is 4.53. The van der Waals surface area contributed by atoms with E-state index in [4.69, 9.17) is 5.73 Å². The number of hydrogen-bond acceptors (Lipinski definition) is 2. The Kier molecular flexibility index (Phi) is 2.50. The second-order valence-electron chi connectivity index (χ2n) is 7.90. The van der Waals surface area contributed by atoms with Gasteiger partial charge in [-0.3, -0.25) is 0 Å². The van der Waals surface area contributed by atoms with Gasteiger partial charge in [0.2, 0.25) is 0 Å².